The van der Waals surface area contributed by atoms with Gasteiger partial charge in [0.15, 0.2) is 5.78 Å². The molecule has 0 aliphatic rings. The molecule has 0 bridgehead atoms. The van der Waals surface area contributed by atoms with Crippen LogP contribution in [0.3, 0.4) is 0 Å². The van der Waals surface area contributed by atoms with Crippen molar-refractivity contribution in [2.45, 2.75) is 4.90 Å². The maximum atomic E-state index is 12.8. The highest BCUT2D eigenvalue weighted by molar-refractivity contribution is 8.00. The lowest BCUT2D eigenvalue weighted by atomic mass is 10.0. The van der Waals surface area contributed by atoms with E-state index in [1.165, 1.54) is 23.9 Å². The number of carbonyl (C=O) groups is 1. The molecule has 3 rings (SSSR count). The van der Waals surface area contributed by atoms with E-state index in [9.17, 15) is 9.18 Å². The normalized spacial score (nSPS) is 10.7. The molecule has 0 spiro atoms. The second-order valence-corrected chi connectivity index (χ2v) is 5.62. The van der Waals surface area contributed by atoms with Gasteiger partial charge in [-0.05, 0) is 35.7 Å². The highest BCUT2D eigenvalue weighted by atomic mass is 32.2. The van der Waals surface area contributed by atoms with E-state index in [1.54, 1.807) is 24.5 Å². The molecule has 0 aliphatic carbocycles. The van der Waals surface area contributed by atoms with E-state index in [-0.39, 0.29) is 11.6 Å². The highest BCUT2D eigenvalue weighted by Gasteiger charge is 2.10. The van der Waals surface area contributed by atoms with Crippen LogP contribution in [0.1, 0.15) is 10.4 Å². The lowest BCUT2D eigenvalue weighted by molar-refractivity contribution is 0.102. The van der Waals surface area contributed by atoms with E-state index in [1.807, 2.05) is 24.3 Å². The summed E-state index contributed by atoms with van der Waals surface area (Å²) in [6.45, 7) is 0. The van der Waals surface area contributed by atoms with Crippen molar-refractivity contribution >= 4 is 28.3 Å². The molecule has 1 aromatic heterocycles. The number of hydrogen-bond acceptors (Lipinski definition) is 3. The van der Waals surface area contributed by atoms with Crippen molar-refractivity contribution in [2.24, 2.45) is 0 Å². The van der Waals surface area contributed by atoms with Gasteiger partial charge in [0.05, 0.1) is 5.75 Å². The van der Waals surface area contributed by atoms with Crippen LogP contribution in [0.15, 0.2) is 65.8 Å². The topological polar surface area (TPSA) is 30.0 Å². The second-order valence-electron chi connectivity index (χ2n) is 4.57. The van der Waals surface area contributed by atoms with Crippen LogP contribution < -0.4 is 0 Å². The SMILES string of the molecule is O=C(CSc1ccc(F)cc1)c1cccc2cnccc12. The summed E-state index contributed by atoms with van der Waals surface area (Å²) in [5.74, 6) is 0.112. The Kier molecular flexibility index (Phi) is 3.97. The average molecular weight is 297 g/mol. The number of thioether (sulfide) groups is 1. The smallest absolute Gasteiger partial charge is 0.173 e. The average Bonchev–Trinajstić information content (AvgIpc) is 2.53. The van der Waals surface area contributed by atoms with Crippen molar-refractivity contribution in [1.29, 1.82) is 0 Å². The number of rotatable bonds is 4. The zero-order valence-electron chi connectivity index (χ0n) is 11.1. The molecule has 0 atom stereocenters. The number of Topliss-reactive ketones (excluding diaryl/α,β-unsaturated/α-hetero) is 1. The summed E-state index contributed by atoms with van der Waals surface area (Å²) in [5, 5.41) is 1.87. The van der Waals surface area contributed by atoms with Gasteiger partial charge in [-0.3, -0.25) is 9.78 Å². The Morgan fingerprint density at radius 2 is 1.90 bits per heavy atom. The van der Waals surface area contributed by atoms with Crippen LogP contribution in [0.25, 0.3) is 10.8 Å². The van der Waals surface area contributed by atoms with Crippen LogP contribution in [0.2, 0.25) is 0 Å². The molecule has 0 fully saturated rings. The van der Waals surface area contributed by atoms with Crippen molar-refractivity contribution in [3.05, 3.63) is 72.3 Å². The summed E-state index contributed by atoms with van der Waals surface area (Å²) in [6, 6.07) is 13.6. The molecule has 0 saturated heterocycles. The number of aromatic nitrogens is 1. The predicted molar refractivity (Wildman–Crippen MR) is 83.2 cm³/mol. The third kappa shape index (κ3) is 3.11. The summed E-state index contributed by atoms with van der Waals surface area (Å²) < 4.78 is 12.8. The van der Waals surface area contributed by atoms with Crippen LogP contribution >= 0.6 is 11.8 Å². The fourth-order valence-electron chi connectivity index (χ4n) is 2.12. The third-order valence-electron chi connectivity index (χ3n) is 3.16. The zero-order chi connectivity index (χ0) is 14.7. The molecule has 0 aliphatic heterocycles. The summed E-state index contributed by atoms with van der Waals surface area (Å²) in [5.41, 5.74) is 0.699. The summed E-state index contributed by atoms with van der Waals surface area (Å²) in [4.78, 5) is 17.3. The minimum atomic E-state index is -0.271. The number of halogens is 1. The Morgan fingerprint density at radius 3 is 2.71 bits per heavy atom. The van der Waals surface area contributed by atoms with Gasteiger partial charge < -0.3 is 0 Å². The fraction of sp³-hybridized carbons (Fsp3) is 0.0588. The fourth-order valence-corrected chi connectivity index (χ4v) is 2.90. The van der Waals surface area contributed by atoms with Crippen LogP contribution in [0, 0.1) is 5.82 Å². The van der Waals surface area contributed by atoms with Gasteiger partial charge in [-0.2, -0.15) is 0 Å². The molecule has 21 heavy (non-hydrogen) atoms. The Morgan fingerprint density at radius 1 is 1.10 bits per heavy atom. The van der Waals surface area contributed by atoms with E-state index < -0.39 is 0 Å². The number of carbonyl (C=O) groups excluding carboxylic acids is 1. The van der Waals surface area contributed by atoms with Gasteiger partial charge in [0, 0.05) is 28.2 Å². The molecule has 2 aromatic carbocycles. The Balaban J connectivity index is 1.79. The molecule has 2 nitrogen and oxygen atoms in total. The third-order valence-corrected chi connectivity index (χ3v) is 4.18. The largest absolute Gasteiger partial charge is 0.293 e. The number of pyridine rings is 1. The van der Waals surface area contributed by atoms with Crippen LogP contribution in [-0.4, -0.2) is 16.5 Å². The second kappa shape index (κ2) is 6.06. The monoisotopic (exact) mass is 297 g/mol. The lowest BCUT2D eigenvalue weighted by Gasteiger charge is -2.05. The van der Waals surface area contributed by atoms with Crippen molar-refractivity contribution in [3.8, 4) is 0 Å². The minimum Gasteiger partial charge on any atom is -0.293 e. The lowest BCUT2D eigenvalue weighted by Crippen LogP contribution is -2.03. The van der Waals surface area contributed by atoms with Crippen molar-refractivity contribution in [2.75, 3.05) is 5.75 Å². The van der Waals surface area contributed by atoms with Crippen LogP contribution in [0.5, 0.6) is 0 Å². The van der Waals surface area contributed by atoms with Crippen molar-refractivity contribution in [3.63, 3.8) is 0 Å². The quantitative estimate of drug-likeness (QED) is 0.530. The molecule has 1 heterocycles. The maximum absolute atomic E-state index is 12.8. The Hall–Kier alpha value is -2.20. The first-order chi connectivity index (χ1) is 10.2. The van der Waals surface area contributed by atoms with Gasteiger partial charge in [0.25, 0.3) is 0 Å². The Labute approximate surface area is 126 Å². The molecule has 4 heteroatoms. The molecule has 0 unspecified atom stereocenters. The van der Waals surface area contributed by atoms with Gasteiger partial charge in [0.2, 0.25) is 0 Å². The van der Waals surface area contributed by atoms with E-state index >= 15 is 0 Å². The number of hydrogen-bond donors (Lipinski definition) is 0. The molecule has 3 aromatic rings. The van der Waals surface area contributed by atoms with Crippen LogP contribution in [-0.2, 0) is 0 Å². The van der Waals surface area contributed by atoms with Gasteiger partial charge in [-0.25, -0.2) is 4.39 Å². The van der Waals surface area contributed by atoms with E-state index in [4.69, 9.17) is 0 Å². The summed E-state index contributed by atoms with van der Waals surface area (Å²) >= 11 is 1.41. The van der Waals surface area contributed by atoms with Gasteiger partial charge in [-0.1, -0.05) is 18.2 Å². The van der Waals surface area contributed by atoms with Crippen molar-refractivity contribution in [1.82, 2.24) is 4.98 Å². The molecular formula is C17H12FNOS. The first kappa shape index (κ1) is 13.8. The standard InChI is InChI=1S/C17H12FNOS/c18-13-4-6-14(7-5-13)21-11-17(20)16-3-1-2-12-10-19-9-8-15(12)16/h1-10H,11H2. The molecular weight excluding hydrogens is 285 g/mol. The van der Waals surface area contributed by atoms with Gasteiger partial charge in [0.1, 0.15) is 5.82 Å². The number of nitrogens with zero attached hydrogens (tertiary/aromatic N) is 1. The van der Waals surface area contributed by atoms with Gasteiger partial charge >= 0.3 is 0 Å². The Bertz CT molecular complexity index is 781. The number of fused-ring (bicyclic) bond motifs is 1. The van der Waals surface area contributed by atoms with E-state index in [0.717, 1.165) is 15.7 Å². The van der Waals surface area contributed by atoms with Crippen LogP contribution in [0.4, 0.5) is 4.39 Å². The summed E-state index contributed by atoms with van der Waals surface area (Å²) in [7, 11) is 0. The number of benzene rings is 2. The maximum Gasteiger partial charge on any atom is 0.173 e. The first-order valence-electron chi connectivity index (χ1n) is 6.48. The zero-order valence-corrected chi connectivity index (χ0v) is 11.9. The molecule has 0 radical (unpaired) electrons. The first-order valence-corrected chi connectivity index (χ1v) is 7.47. The van der Waals surface area contributed by atoms with E-state index in [2.05, 4.69) is 4.98 Å². The van der Waals surface area contributed by atoms with Crippen molar-refractivity contribution < 1.29 is 9.18 Å². The minimum absolute atomic E-state index is 0.0566. The summed E-state index contributed by atoms with van der Waals surface area (Å²) in [6.07, 6.45) is 3.44. The molecule has 0 saturated carbocycles. The molecule has 0 amide bonds. The molecule has 0 N–H and O–H groups in total. The van der Waals surface area contributed by atoms with Gasteiger partial charge in [-0.15, -0.1) is 11.8 Å². The number of ketones is 1. The van der Waals surface area contributed by atoms with E-state index in [0.29, 0.717) is 11.3 Å². The predicted octanol–water partition coefficient (Wildman–Crippen LogP) is 4.35. The highest BCUT2D eigenvalue weighted by Crippen LogP contribution is 2.23. The molecule has 104 valence electrons.